The Balaban J connectivity index is 1.71. The molecule has 0 aromatic heterocycles. The van der Waals surface area contributed by atoms with Gasteiger partial charge in [-0.1, -0.05) is 89.3 Å². The number of hydrogen-bond donors (Lipinski definition) is 0. The van der Waals surface area contributed by atoms with E-state index in [2.05, 4.69) is 78.1 Å². The molecule has 0 aliphatic rings. The standard InChI is InChI=1S/C26H37Br3O2/c27-17-9-5-1-3-7-11-19-30-23-14-15-24-22(21-23)13-16-25(26(24)29)31-20-12-8-4-2-6-10-18-28/h13-16,21H,1-12,17-20H2. The van der Waals surface area contributed by atoms with Crippen molar-refractivity contribution < 1.29 is 9.47 Å². The fraction of sp³-hybridized carbons (Fsp3) is 0.615. The van der Waals surface area contributed by atoms with Crippen molar-refractivity contribution in [2.45, 2.75) is 77.0 Å². The van der Waals surface area contributed by atoms with Crippen molar-refractivity contribution in [2.75, 3.05) is 23.9 Å². The minimum absolute atomic E-state index is 0.778. The summed E-state index contributed by atoms with van der Waals surface area (Å²) < 4.78 is 13.1. The Bertz CT molecular complexity index is 736. The van der Waals surface area contributed by atoms with Crippen LogP contribution in [0.1, 0.15) is 77.0 Å². The van der Waals surface area contributed by atoms with Crippen LogP contribution in [0.15, 0.2) is 34.8 Å². The first-order chi connectivity index (χ1) is 15.3. The molecule has 0 N–H and O–H groups in total. The topological polar surface area (TPSA) is 18.5 Å². The molecule has 2 aromatic carbocycles. The Morgan fingerprint density at radius 2 is 1.13 bits per heavy atom. The molecule has 0 atom stereocenters. The van der Waals surface area contributed by atoms with Crippen molar-refractivity contribution >= 4 is 58.6 Å². The Hall–Kier alpha value is -0.260. The third-order valence-corrected chi connectivity index (χ3v) is 7.41. The monoisotopic (exact) mass is 618 g/mol. The fourth-order valence-electron chi connectivity index (χ4n) is 3.63. The quantitative estimate of drug-likeness (QED) is 0.122. The molecule has 0 spiro atoms. The molecule has 2 aromatic rings. The highest BCUT2D eigenvalue weighted by atomic mass is 79.9. The van der Waals surface area contributed by atoms with Crippen LogP contribution in [-0.4, -0.2) is 23.9 Å². The molecule has 174 valence electrons. The van der Waals surface area contributed by atoms with E-state index >= 15 is 0 Å². The molecule has 0 fully saturated rings. The highest BCUT2D eigenvalue weighted by Gasteiger charge is 2.08. The summed E-state index contributed by atoms with van der Waals surface area (Å²) in [6.07, 6.45) is 15.2. The first kappa shape index (κ1) is 27.0. The highest BCUT2D eigenvalue weighted by molar-refractivity contribution is 9.10. The largest absolute Gasteiger partial charge is 0.494 e. The number of benzene rings is 2. The molecule has 0 heterocycles. The molecule has 0 bridgehead atoms. The van der Waals surface area contributed by atoms with Crippen LogP contribution < -0.4 is 9.47 Å². The van der Waals surface area contributed by atoms with Gasteiger partial charge in [-0.05, 0) is 76.7 Å². The number of fused-ring (bicyclic) bond motifs is 1. The second kappa shape index (κ2) is 17.2. The van der Waals surface area contributed by atoms with Crippen molar-refractivity contribution in [3.63, 3.8) is 0 Å². The van der Waals surface area contributed by atoms with Crippen LogP contribution in [0.25, 0.3) is 10.8 Å². The molecule has 0 amide bonds. The molecule has 0 saturated heterocycles. The minimum Gasteiger partial charge on any atom is -0.494 e. The van der Waals surface area contributed by atoms with Crippen molar-refractivity contribution in [1.82, 2.24) is 0 Å². The average molecular weight is 621 g/mol. The van der Waals surface area contributed by atoms with Gasteiger partial charge in [0.1, 0.15) is 11.5 Å². The maximum Gasteiger partial charge on any atom is 0.134 e. The Morgan fingerprint density at radius 1 is 0.581 bits per heavy atom. The third-order valence-electron chi connectivity index (χ3n) is 5.47. The number of unbranched alkanes of at least 4 members (excludes halogenated alkanes) is 10. The average Bonchev–Trinajstić information content (AvgIpc) is 2.78. The summed E-state index contributed by atoms with van der Waals surface area (Å²) in [6.45, 7) is 1.57. The normalized spacial score (nSPS) is 11.2. The molecule has 31 heavy (non-hydrogen) atoms. The van der Waals surface area contributed by atoms with Crippen LogP contribution in [0.2, 0.25) is 0 Å². The second-order valence-corrected chi connectivity index (χ2v) is 10.5. The zero-order chi connectivity index (χ0) is 22.2. The van der Waals surface area contributed by atoms with E-state index in [0.29, 0.717) is 0 Å². The minimum atomic E-state index is 0.778. The Labute approximate surface area is 214 Å². The lowest BCUT2D eigenvalue weighted by atomic mass is 10.1. The van der Waals surface area contributed by atoms with Gasteiger partial charge in [-0.25, -0.2) is 0 Å². The van der Waals surface area contributed by atoms with Gasteiger partial charge in [0.15, 0.2) is 0 Å². The van der Waals surface area contributed by atoms with Crippen LogP contribution >= 0.6 is 47.8 Å². The van der Waals surface area contributed by atoms with E-state index in [9.17, 15) is 0 Å². The molecule has 0 unspecified atom stereocenters. The summed E-state index contributed by atoms with van der Waals surface area (Å²) in [4.78, 5) is 0. The lowest BCUT2D eigenvalue weighted by Crippen LogP contribution is -1.99. The summed E-state index contributed by atoms with van der Waals surface area (Å²) in [5.74, 6) is 1.88. The van der Waals surface area contributed by atoms with Crippen LogP contribution in [0.4, 0.5) is 0 Å². The van der Waals surface area contributed by atoms with E-state index in [1.807, 2.05) is 0 Å². The molecule has 0 saturated carbocycles. The van der Waals surface area contributed by atoms with Gasteiger partial charge in [0.05, 0.1) is 17.7 Å². The number of hydrogen-bond acceptors (Lipinski definition) is 2. The van der Waals surface area contributed by atoms with Gasteiger partial charge in [0, 0.05) is 10.7 Å². The Kier molecular flexibility index (Phi) is 15.0. The summed E-state index contributed by atoms with van der Waals surface area (Å²) in [5.41, 5.74) is 0. The van der Waals surface area contributed by atoms with E-state index in [1.165, 1.54) is 75.0 Å². The first-order valence-electron chi connectivity index (χ1n) is 11.9. The highest BCUT2D eigenvalue weighted by Crippen LogP contribution is 2.35. The molecular formula is C26H37Br3O2. The molecule has 5 heteroatoms. The van der Waals surface area contributed by atoms with E-state index in [0.717, 1.165) is 52.7 Å². The summed E-state index contributed by atoms with van der Waals surface area (Å²) >= 11 is 10.7. The van der Waals surface area contributed by atoms with Crippen molar-refractivity contribution in [3.8, 4) is 11.5 Å². The summed E-state index contributed by atoms with van der Waals surface area (Å²) in [5, 5.41) is 4.60. The van der Waals surface area contributed by atoms with E-state index < -0.39 is 0 Å². The lowest BCUT2D eigenvalue weighted by molar-refractivity contribution is 0.302. The van der Waals surface area contributed by atoms with E-state index in [4.69, 9.17) is 9.47 Å². The predicted molar refractivity (Wildman–Crippen MR) is 146 cm³/mol. The van der Waals surface area contributed by atoms with E-state index in [-0.39, 0.29) is 0 Å². The summed E-state index contributed by atoms with van der Waals surface area (Å²) in [7, 11) is 0. The number of alkyl halides is 2. The van der Waals surface area contributed by atoms with Crippen molar-refractivity contribution in [1.29, 1.82) is 0 Å². The smallest absolute Gasteiger partial charge is 0.134 e. The second-order valence-electron chi connectivity index (χ2n) is 8.08. The predicted octanol–water partition coefficient (Wildman–Crippen LogP) is 9.83. The van der Waals surface area contributed by atoms with Gasteiger partial charge < -0.3 is 9.47 Å². The van der Waals surface area contributed by atoms with Gasteiger partial charge in [-0.3, -0.25) is 0 Å². The van der Waals surface area contributed by atoms with Crippen LogP contribution in [0.3, 0.4) is 0 Å². The maximum atomic E-state index is 6.04. The molecule has 0 aliphatic heterocycles. The zero-order valence-electron chi connectivity index (χ0n) is 18.7. The Morgan fingerprint density at radius 3 is 1.74 bits per heavy atom. The van der Waals surface area contributed by atoms with Gasteiger partial charge >= 0.3 is 0 Å². The van der Waals surface area contributed by atoms with Gasteiger partial charge in [0.25, 0.3) is 0 Å². The van der Waals surface area contributed by atoms with Crippen LogP contribution in [-0.2, 0) is 0 Å². The number of ether oxygens (including phenoxy) is 2. The molecular weight excluding hydrogens is 584 g/mol. The molecule has 0 radical (unpaired) electrons. The zero-order valence-corrected chi connectivity index (χ0v) is 23.4. The lowest BCUT2D eigenvalue weighted by Gasteiger charge is -2.12. The number of rotatable bonds is 18. The molecule has 2 nitrogen and oxygen atoms in total. The van der Waals surface area contributed by atoms with Crippen LogP contribution in [0.5, 0.6) is 11.5 Å². The first-order valence-corrected chi connectivity index (χ1v) is 14.9. The number of halogens is 3. The van der Waals surface area contributed by atoms with Crippen LogP contribution in [0, 0.1) is 0 Å². The molecule has 0 aliphatic carbocycles. The molecule has 2 rings (SSSR count). The summed E-state index contributed by atoms with van der Waals surface area (Å²) in [6, 6.07) is 10.5. The maximum absolute atomic E-state index is 6.04. The van der Waals surface area contributed by atoms with E-state index in [1.54, 1.807) is 0 Å². The van der Waals surface area contributed by atoms with Crippen molar-refractivity contribution in [2.24, 2.45) is 0 Å². The fourth-order valence-corrected chi connectivity index (χ4v) is 5.03. The van der Waals surface area contributed by atoms with Gasteiger partial charge in [-0.15, -0.1) is 0 Å². The van der Waals surface area contributed by atoms with Crippen molar-refractivity contribution in [3.05, 3.63) is 34.8 Å². The van der Waals surface area contributed by atoms with Gasteiger partial charge in [-0.2, -0.15) is 0 Å². The van der Waals surface area contributed by atoms with Gasteiger partial charge in [0.2, 0.25) is 0 Å². The third kappa shape index (κ3) is 10.9. The SMILES string of the molecule is BrCCCCCCCCOc1ccc2c(Br)c(OCCCCCCCCBr)ccc2c1.